The third kappa shape index (κ3) is 8.71. The molecule has 0 aliphatic rings. The summed E-state index contributed by atoms with van der Waals surface area (Å²) in [5, 5.41) is 3.27. The summed E-state index contributed by atoms with van der Waals surface area (Å²) in [5.41, 5.74) is 1.21. The molecule has 3 aromatic carbocycles. The van der Waals surface area contributed by atoms with Gasteiger partial charge in [0.05, 0.1) is 17.2 Å². The maximum absolute atomic E-state index is 14.0. The predicted molar refractivity (Wildman–Crippen MR) is 163 cm³/mol. The van der Waals surface area contributed by atoms with Gasteiger partial charge in [0.1, 0.15) is 18.3 Å². The predicted octanol–water partition coefficient (Wildman–Crippen LogP) is 5.17. The van der Waals surface area contributed by atoms with Crippen LogP contribution in [-0.4, -0.2) is 57.4 Å². The van der Waals surface area contributed by atoms with Crippen molar-refractivity contribution < 1.29 is 22.7 Å². The Labute approximate surface area is 248 Å². The lowest BCUT2D eigenvalue weighted by molar-refractivity contribution is -0.138. The van der Waals surface area contributed by atoms with E-state index < -0.39 is 28.5 Å². The summed E-state index contributed by atoms with van der Waals surface area (Å²) in [6.45, 7) is 7.87. The highest BCUT2D eigenvalue weighted by Gasteiger charge is 2.33. The molecule has 2 amide bonds. The van der Waals surface area contributed by atoms with Crippen LogP contribution in [0, 0.1) is 5.92 Å². The van der Waals surface area contributed by atoms with Gasteiger partial charge >= 0.3 is 0 Å². The lowest BCUT2D eigenvalue weighted by atomic mass is 10.1. The molecule has 10 heteroatoms. The van der Waals surface area contributed by atoms with E-state index in [9.17, 15) is 18.0 Å². The van der Waals surface area contributed by atoms with E-state index in [0.717, 1.165) is 9.87 Å². The third-order valence-electron chi connectivity index (χ3n) is 6.45. The SMILES string of the molecule is CCOc1ccccc1N(CC(=O)N(CCc1ccccc1)[C@@H](C)C(=O)NCC(C)C)S(=O)(=O)c1ccc(Cl)cc1. The fourth-order valence-corrected chi connectivity index (χ4v) is 5.76. The van der Waals surface area contributed by atoms with Gasteiger partial charge in [0.25, 0.3) is 10.0 Å². The van der Waals surface area contributed by atoms with Crippen LogP contribution >= 0.6 is 11.6 Å². The zero-order chi connectivity index (χ0) is 30.0. The number of benzene rings is 3. The minimum atomic E-state index is -4.23. The number of sulfonamides is 1. The van der Waals surface area contributed by atoms with E-state index >= 15 is 0 Å². The van der Waals surface area contributed by atoms with Gasteiger partial charge in [0.2, 0.25) is 11.8 Å². The average molecular weight is 600 g/mol. The second-order valence-corrected chi connectivity index (χ2v) is 12.3. The van der Waals surface area contributed by atoms with Crippen LogP contribution in [0.25, 0.3) is 0 Å². The number of rotatable bonds is 14. The molecule has 0 aliphatic carbocycles. The molecule has 220 valence electrons. The fourth-order valence-electron chi connectivity index (χ4n) is 4.21. The first kappa shape index (κ1) is 32.0. The van der Waals surface area contributed by atoms with Crippen molar-refractivity contribution >= 4 is 39.1 Å². The zero-order valence-electron chi connectivity index (χ0n) is 23.9. The van der Waals surface area contributed by atoms with Crippen molar-refractivity contribution in [2.75, 3.05) is 30.5 Å². The number of hydrogen-bond acceptors (Lipinski definition) is 5. The Kier molecular flexibility index (Phi) is 11.6. The molecule has 41 heavy (non-hydrogen) atoms. The van der Waals surface area contributed by atoms with E-state index in [2.05, 4.69) is 5.32 Å². The van der Waals surface area contributed by atoms with Gasteiger partial charge in [-0.2, -0.15) is 0 Å². The summed E-state index contributed by atoms with van der Waals surface area (Å²) in [6.07, 6.45) is 0.494. The second kappa shape index (κ2) is 14.9. The van der Waals surface area contributed by atoms with Crippen molar-refractivity contribution in [2.24, 2.45) is 5.92 Å². The molecule has 0 heterocycles. The number of halogens is 1. The van der Waals surface area contributed by atoms with Crippen molar-refractivity contribution in [3.8, 4) is 5.75 Å². The van der Waals surface area contributed by atoms with Gasteiger partial charge in [-0.05, 0) is 68.1 Å². The number of nitrogens with zero attached hydrogens (tertiary/aromatic N) is 2. The number of anilines is 1. The van der Waals surface area contributed by atoms with Gasteiger partial charge < -0.3 is 15.0 Å². The summed E-state index contributed by atoms with van der Waals surface area (Å²) >= 11 is 6.02. The maximum Gasteiger partial charge on any atom is 0.264 e. The van der Waals surface area contributed by atoms with E-state index in [1.807, 2.05) is 44.2 Å². The molecule has 0 aliphatic heterocycles. The first-order valence-corrected chi connectivity index (χ1v) is 15.5. The number of ether oxygens (including phenoxy) is 1. The van der Waals surface area contributed by atoms with Crippen LogP contribution in [0.15, 0.2) is 83.8 Å². The molecule has 0 aromatic heterocycles. The van der Waals surface area contributed by atoms with Crippen molar-refractivity contribution in [2.45, 2.75) is 45.1 Å². The van der Waals surface area contributed by atoms with Crippen LogP contribution in [-0.2, 0) is 26.0 Å². The Morgan fingerprint density at radius 3 is 2.20 bits per heavy atom. The molecule has 3 rings (SSSR count). The van der Waals surface area contributed by atoms with Crippen LogP contribution in [0.4, 0.5) is 5.69 Å². The van der Waals surface area contributed by atoms with E-state index in [0.29, 0.717) is 30.3 Å². The van der Waals surface area contributed by atoms with Crippen LogP contribution < -0.4 is 14.4 Å². The monoisotopic (exact) mass is 599 g/mol. The lowest BCUT2D eigenvalue weighted by Crippen LogP contribution is -2.52. The summed E-state index contributed by atoms with van der Waals surface area (Å²) in [7, 11) is -4.23. The van der Waals surface area contributed by atoms with E-state index in [1.165, 1.54) is 29.2 Å². The van der Waals surface area contributed by atoms with E-state index in [1.54, 1.807) is 38.1 Å². The Bertz CT molecular complexity index is 1400. The summed E-state index contributed by atoms with van der Waals surface area (Å²) in [4.78, 5) is 28.5. The van der Waals surface area contributed by atoms with Gasteiger partial charge in [-0.3, -0.25) is 13.9 Å². The zero-order valence-corrected chi connectivity index (χ0v) is 25.5. The van der Waals surface area contributed by atoms with Crippen molar-refractivity contribution in [1.29, 1.82) is 0 Å². The minimum absolute atomic E-state index is 0.0282. The van der Waals surface area contributed by atoms with E-state index in [-0.39, 0.29) is 29.0 Å². The van der Waals surface area contributed by atoms with Crippen LogP contribution in [0.3, 0.4) is 0 Å². The Balaban J connectivity index is 2.01. The maximum atomic E-state index is 14.0. The highest BCUT2D eigenvalue weighted by molar-refractivity contribution is 7.92. The second-order valence-electron chi connectivity index (χ2n) is 10.0. The average Bonchev–Trinajstić information content (AvgIpc) is 2.96. The summed E-state index contributed by atoms with van der Waals surface area (Å²) in [6, 6.07) is 21.2. The van der Waals surface area contributed by atoms with Crippen molar-refractivity contribution in [1.82, 2.24) is 10.2 Å². The van der Waals surface area contributed by atoms with Crippen LogP contribution in [0.5, 0.6) is 5.75 Å². The molecule has 0 saturated heterocycles. The first-order valence-electron chi connectivity index (χ1n) is 13.7. The molecular formula is C31H38ClN3O5S. The van der Waals surface area contributed by atoms with Gasteiger partial charge in [0, 0.05) is 18.1 Å². The highest BCUT2D eigenvalue weighted by atomic mass is 35.5. The fraction of sp³-hybridized carbons (Fsp3) is 0.355. The molecule has 0 bridgehead atoms. The molecular weight excluding hydrogens is 562 g/mol. The highest BCUT2D eigenvalue weighted by Crippen LogP contribution is 2.33. The Morgan fingerprint density at radius 1 is 0.927 bits per heavy atom. The lowest BCUT2D eigenvalue weighted by Gasteiger charge is -2.32. The summed E-state index contributed by atoms with van der Waals surface area (Å²) in [5.74, 6) is -0.271. The van der Waals surface area contributed by atoms with Gasteiger partial charge in [-0.25, -0.2) is 8.42 Å². The number of amides is 2. The molecule has 0 spiro atoms. The molecule has 1 atom stereocenters. The number of hydrogen-bond donors (Lipinski definition) is 1. The topological polar surface area (TPSA) is 96.0 Å². The normalized spacial score (nSPS) is 12.0. The molecule has 1 N–H and O–H groups in total. The smallest absolute Gasteiger partial charge is 0.264 e. The third-order valence-corrected chi connectivity index (χ3v) is 8.48. The molecule has 0 fully saturated rings. The Morgan fingerprint density at radius 2 is 1.56 bits per heavy atom. The van der Waals surface area contributed by atoms with Crippen molar-refractivity contribution in [3.63, 3.8) is 0 Å². The van der Waals surface area contributed by atoms with Crippen LogP contribution in [0.2, 0.25) is 5.02 Å². The van der Waals surface area contributed by atoms with Gasteiger partial charge in [0.15, 0.2) is 0 Å². The molecule has 8 nitrogen and oxygen atoms in total. The first-order chi connectivity index (χ1) is 19.5. The van der Waals surface area contributed by atoms with E-state index in [4.69, 9.17) is 16.3 Å². The number of para-hydroxylation sites is 2. The Hall–Kier alpha value is -3.56. The number of carbonyl (C=O) groups is 2. The van der Waals surface area contributed by atoms with Crippen molar-refractivity contribution in [3.05, 3.63) is 89.4 Å². The summed E-state index contributed by atoms with van der Waals surface area (Å²) < 4.78 is 34.8. The standard InChI is InChI=1S/C31H38ClN3O5S/c1-5-40-29-14-10-9-13-28(29)35(41(38,39)27-17-15-26(32)16-18-27)22-30(36)34(20-19-25-11-7-6-8-12-25)24(4)31(37)33-21-23(2)3/h6-18,23-24H,5,19-22H2,1-4H3,(H,33,37)/t24-/m0/s1. The number of carbonyl (C=O) groups excluding carboxylic acids is 2. The molecule has 0 radical (unpaired) electrons. The largest absolute Gasteiger partial charge is 0.492 e. The molecule has 0 saturated carbocycles. The van der Waals surface area contributed by atoms with Gasteiger partial charge in [-0.1, -0.05) is 67.9 Å². The molecule has 0 unspecified atom stereocenters. The quantitative estimate of drug-likeness (QED) is 0.276. The minimum Gasteiger partial charge on any atom is -0.492 e. The molecule has 3 aromatic rings. The van der Waals surface area contributed by atoms with Crippen LogP contribution in [0.1, 0.15) is 33.3 Å². The van der Waals surface area contributed by atoms with Gasteiger partial charge in [-0.15, -0.1) is 0 Å². The number of nitrogens with one attached hydrogen (secondary N) is 1.